The second-order valence-corrected chi connectivity index (χ2v) is 5.97. The number of hydrogen-bond donors (Lipinski definition) is 2. The van der Waals surface area contributed by atoms with Gasteiger partial charge in [0.25, 0.3) is 11.8 Å². The summed E-state index contributed by atoms with van der Waals surface area (Å²) in [6.45, 7) is 1.28. The fourth-order valence-corrected chi connectivity index (χ4v) is 2.36. The summed E-state index contributed by atoms with van der Waals surface area (Å²) in [7, 11) is 1.51. The zero-order valence-corrected chi connectivity index (χ0v) is 17.0. The number of nitrogens with one attached hydrogen (secondary N) is 2. The Hall–Kier alpha value is -4.14. The summed E-state index contributed by atoms with van der Waals surface area (Å²) < 4.78 is 14.6. The maximum Gasteiger partial charge on any atom is 0.331 e. The molecule has 2 amide bonds. The quantitative estimate of drug-likeness (QED) is 0.467. The largest absolute Gasteiger partial charge is 0.495 e. The maximum absolute atomic E-state index is 12.4. The molecule has 2 aromatic rings. The number of methoxy groups -OCH3 is 1. The van der Waals surface area contributed by atoms with Gasteiger partial charge in [-0.3, -0.25) is 9.59 Å². The lowest BCUT2D eigenvalue weighted by Crippen LogP contribution is -2.20. The van der Waals surface area contributed by atoms with E-state index in [-0.39, 0.29) is 12.5 Å². The van der Waals surface area contributed by atoms with Crippen molar-refractivity contribution in [1.29, 1.82) is 0 Å². The van der Waals surface area contributed by atoms with Crippen molar-refractivity contribution in [3.63, 3.8) is 0 Å². The summed E-state index contributed by atoms with van der Waals surface area (Å²) in [5.74, 6) is -1.93. The number of rotatable bonds is 9. The first-order valence-electron chi connectivity index (χ1n) is 9.28. The summed E-state index contributed by atoms with van der Waals surface area (Å²) in [5.41, 5.74) is 1.32. The van der Waals surface area contributed by atoms with Crippen LogP contribution in [0, 0.1) is 0 Å². The summed E-state index contributed by atoms with van der Waals surface area (Å²) in [6.07, 6.45) is 1.79. The molecule has 9 nitrogen and oxygen atoms in total. The van der Waals surface area contributed by atoms with Gasteiger partial charge in [0.1, 0.15) is 5.75 Å². The Morgan fingerprint density at radius 1 is 0.871 bits per heavy atom. The van der Waals surface area contributed by atoms with E-state index in [1.165, 1.54) is 31.4 Å². The van der Waals surface area contributed by atoms with E-state index in [1.54, 1.807) is 31.2 Å². The Morgan fingerprint density at radius 3 is 2.16 bits per heavy atom. The smallest absolute Gasteiger partial charge is 0.331 e. The van der Waals surface area contributed by atoms with Crippen LogP contribution in [0.1, 0.15) is 17.3 Å². The molecule has 0 saturated heterocycles. The number of carbonyl (C=O) groups excluding carboxylic acids is 4. The number of benzene rings is 2. The number of carbonyl (C=O) groups is 4. The van der Waals surface area contributed by atoms with Gasteiger partial charge in [0.2, 0.25) is 0 Å². The average molecular weight is 426 g/mol. The number of hydrogen-bond acceptors (Lipinski definition) is 7. The molecule has 0 unspecified atom stereocenters. The van der Waals surface area contributed by atoms with Crippen LogP contribution in [0.25, 0.3) is 0 Å². The molecular weight excluding hydrogens is 404 g/mol. The average Bonchev–Trinajstić information content (AvgIpc) is 2.77. The molecule has 0 bridgehead atoms. The molecule has 9 heteroatoms. The highest BCUT2D eigenvalue weighted by Gasteiger charge is 2.11. The van der Waals surface area contributed by atoms with Crippen molar-refractivity contribution in [2.24, 2.45) is 0 Å². The van der Waals surface area contributed by atoms with E-state index in [9.17, 15) is 19.2 Å². The standard InChI is InChI=1S/C22H22N2O7/c1-3-30-20(26)12-13-21(27)31-14-19(25)23-16-10-8-15(9-11-16)22(28)24-17-6-4-5-7-18(17)29-2/h4-13H,3,14H2,1-2H3,(H,23,25)(H,24,28)/b13-12+. The Morgan fingerprint density at radius 2 is 1.52 bits per heavy atom. The van der Waals surface area contributed by atoms with Crippen molar-refractivity contribution < 1.29 is 33.4 Å². The summed E-state index contributed by atoms with van der Waals surface area (Å²) in [4.78, 5) is 46.9. The molecule has 0 fully saturated rings. The predicted molar refractivity (Wildman–Crippen MR) is 113 cm³/mol. The van der Waals surface area contributed by atoms with Crippen molar-refractivity contribution in [1.82, 2.24) is 0 Å². The summed E-state index contributed by atoms with van der Waals surface area (Å²) in [6, 6.07) is 13.2. The molecule has 0 aliphatic heterocycles. The first-order valence-corrected chi connectivity index (χ1v) is 9.28. The monoisotopic (exact) mass is 426 g/mol. The lowest BCUT2D eigenvalue weighted by atomic mass is 10.2. The lowest BCUT2D eigenvalue weighted by molar-refractivity contribution is -0.143. The Balaban J connectivity index is 1.84. The molecule has 0 spiro atoms. The molecule has 0 aromatic heterocycles. The number of anilines is 2. The molecule has 0 saturated carbocycles. The predicted octanol–water partition coefficient (Wildman–Crippen LogP) is 2.55. The summed E-state index contributed by atoms with van der Waals surface area (Å²) >= 11 is 0. The second kappa shape index (κ2) is 11.8. The van der Waals surface area contributed by atoms with Crippen molar-refractivity contribution in [2.45, 2.75) is 6.92 Å². The first kappa shape index (κ1) is 23.1. The molecule has 0 aliphatic carbocycles. The zero-order chi connectivity index (χ0) is 22.6. The van der Waals surface area contributed by atoms with Crippen LogP contribution in [-0.4, -0.2) is 44.1 Å². The molecule has 31 heavy (non-hydrogen) atoms. The van der Waals surface area contributed by atoms with Crippen LogP contribution < -0.4 is 15.4 Å². The van der Waals surface area contributed by atoms with E-state index in [0.29, 0.717) is 22.7 Å². The lowest BCUT2D eigenvalue weighted by Gasteiger charge is -2.10. The third-order valence-electron chi connectivity index (χ3n) is 3.77. The van der Waals surface area contributed by atoms with Gasteiger partial charge in [-0.05, 0) is 43.3 Å². The van der Waals surface area contributed by atoms with E-state index in [2.05, 4.69) is 15.4 Å². The number of ether oxygens (including phenoxy) is 3. The molecule has 2 rings (SSSR count). The zero-order valence-electron chi connectivity index (χ0n) is 17.0. The van der Waals surface area contributed by atoms with Crippen LogP contribution in [-0.2, 0) is 23.9 Å². The van der Waals surface area contributed by atoms with Crippen molar-refractivity contribution in [3.8, 4) is 5.75 Å². The van der Waals surface area contributed by atoms with Crippen LogP contribution in [0.15, 0.2) is 60.7 Å². The molecular formula is C22H22N2O7. The Kier molecular flexibility index (Phi) is 8.78. The van der Waals surface area contributed by atoms with Crippen molar-refractivity contribution in [3.05, 3.63) is 66.2 Å². The van der Waals surface area contributed by atoms with E-state index >= 15 is 0 Å². The molecule has 0 heterocycles. The van der Waals surface area contributed by atoms with Gasteiger partial charge in [0, 0.05) is 23.4 Å². The van der Waals surface area contributed by atoms with Gasteiger partial charge in [0.15, 0.2) is 6.61 Å². The van der Waals surface area contributed by atoms with Crippen LogP contribution in [0.4, 0.5) is 11.4 Å². The van der Waals surface area contributed by atoms with E-state index in [4.69, 9.17) is 9.47 Å². The van der Waals surface area contributed by atoms with Crippen LogP contribution >= 0.6 is 0 Å². The highest BCUT2D eigenvalue weighted by Crippen LogP contribution is 2.23. The molecule has 2 N–H and O–H groups in total. The minimum atomic E-state index is -0.855. The SMILES string of the molecule is CCOC(=O)/C=C/C(=O)OCC(=O)Nc1ccc(C(=O)Nc2ccccc2OC)cc1. The molecule has 0 atom stereocenters. The van der Waals surface area contributed by atoms with Gasteiger partial charge in [-0.1, -0.05) is 12.1 Å². The molecule has 0 radical (unpaired) electrons. The number of para-hydroxylation sites is 2. The third kappa shape index (κ3) is 7.65. The third-order valence-corrected chi connectivity index (χ3v) is 3.77. The Labute approximate surface area is 179 Å². The topological polar surface area (TPSA) is 120 Å². The van der Waals surface area contributed by atoms with E-state index in [1.807, 2.05) is 0 Å². The van der Waals surface area contributed by atoms with Gasteiger partial charge in [-0.15, -0.1) is 0 Å². The fraction of sp³-hybridized carbons (Fsp3) is 0.182. The van der Waals surface area contributed by atoms with Gasteiger partial charge >= 0.3 is 11.9 Å². The molecule has 162 valence electrons. The van der Waals surface area contributed by atoms with Gasteiger partial charge in [-0.25, -0.2) is 9.59 Å². The van der Waals surface area contributed by atoms with Crippen LogP contribution in [0.5, 0.6) is 5.75 Å². The molecule has 2 aromatic carbocycles. The maximum atomic E-state index is 12.4. The molecule has 0 aliphatic rings. The Bertz CT molecular complexity index is 968. The van der Waals surface area contributed by atoms with Gasteiger partial charge < -0.3 is 24.8 Å². The number of amides is 2. The van der Waals surface area contributed by atoms with Gasteiger partial charge in [0.05, 0.1) is 19.4 Å². The highest BCUT2D eigenvalue weighted by atomic mass is 16.5. The van der Waals surface area contributed by atoms with E-state index < -0.39 is 24.5 Å². The first-order chi connectivity index (χ1) is 14.9. The fourth-order valence-electron chi connectivity index (χ4n) is 2.36. The highest BCUT2D eigenvalue weighted by molar-refractivity contribution is 6.05. The van der Waals surface area contributed by atoms with Gasteiger partial charge in [-0.2, -0.15) is 0 Å². The van der Waals surface area contributed by atoms with Crippen LogP contribution in [0.3, 0.4) is 0 Å². The second-order valence-electron chi connectivity index (χ2n) is 5.97. The van der Waals surface area contributed by atoms with E-state index in [0.717, 1.165) is 12.2 Å². The van der Waals surface area contributed by atoms with Crippen molar-refractivity contribution >= 4 is 35.1 Å². The van der Waals surface area contributed by atoms with Crippen molar-refractivity contribution in [2.75, 3.05) is 31.0 Å². The minimum absolute atomic E-state index is 0.182. The summed E-state index contributed by atoms with van der Waals surface area (Å²) in [5, 5.41) is 5.28. The van der Waals surface area contributed by atoms with Crippen LogP contribution in [0.2, 0.25) is 0 Å². The minimum Gasteiger partial charge on any atom is -0.495 e. The normalized spacial score (nSPS) is 10.3. The number of esters is 2.